The van der Waals surface area contributed by atoms with Gasteiger partial charge in [-0.25, -0.2) is 0 Å². The van der Waals surface area contributed by atoms with E-state index in [-0.39, 0.29) is 11.1 Å². The smallest absolute Gasteiger partial charge is 0.138 e. The number of nitriles is 4. The highest BCUT2D eigenvalue weighted by molar-refractivity contribution is 6.15. The summed E-state index contributed by atoms with van der Waals surface area (Å²) in [7, 11) is 3.90. The zero-order valence-electron chi connectivity index (χ0n) is 23.1. The van der Waals surface area contributed by atoms with Gasteiger partial charge in [-0.15, -0.1) is 0 Å². The molecule has 0 amide bonds. The molecule has 4 aromatic carbocycles. The topological polar surface area (TPSA) is 102 Å². The van der Waals surface area contributed by atoms with Crippen molar-refractivity contribution < 1.29 is 0 Å². The lowest BCUT2D eigenvalue weighted by Gasteiger charge is -2.26. The van der Waals surface area contributed by atoms with Crippen molar-refractivity contribution in [2.45, 2.75) is 0 Å². The number of nitrogens with zero attached hydrogens (tertiary/aromatic N) is 6. The van der Waals surface area contributed by atoms with E-state index >= 15 is 0 Å². The van der Waals surface area contributed by atoms with Crippen LogP contribution in [-0.4, -0.2) is 14.1 Å². The van der Waals surface area contributed by atoms with Crippen molar-refractivity contribution >= 4 is 40.0 Å². The van der Waals surface area contributed by atoms with Crippen LogP contribution < -0.4 is 9.80 Å². The van der Waals surface area contributed by atoms with Gasteiger partial charge in [-0.3, -0.25) is 0 Å². The molecule has 0 aliphatic heterocycles. The van der Waals surface area contributed by atoms with E-state index in [0.717, 1.165) is 28.3 Å². The standard InChI is InChI=1S/C36H24N6/c1-41(2)28-15-13-25(14-16-28)19-34-35(26(21-37)22-38)32-18-17-31(20-33(32)36(34)27(23-39)24-40)42(29-9-5-3-6-10-29)30-11-7-4-8-12-30/h3-20H,1-2H3/b34-19+. The Morgan fingerprint density at radius 2 is 1.02 bits per heavy atom. The molecule has 1 aliphatic rings. The third-order valence-electron chi connectivity index (χ3n) is 7.04. The number of hydrogen-bond acceptors (Lipinski definition) is 6. The molecule has 0 radical (unpaired) electrons. The molecule has 0 saturated heterocycles. The Hall–Kier alpha value is -6.34. The second-order valence-electron chi connectivity index (χ2n) is 9.73. The Kier molecular flexibility index (Phi) is 7.66. The molecule has 0 unspecified atom stereocenters. The van der Waals surface area contributed by atoms with Gasteiger partial charge in [0, 0.05) is 48.0 Å². The number of anilines is 4. The Morgan fingerprint density at radius 1 is 0.548 bits per heavy atom. The van der Waals surface area contributed by atoms with E-state index in [1.54, 1.807) is 0 Å². The minimum Gasteiger partial charge on any atom is -0.378 e. The predicted molar refractivity (Wildman–Crippen MR) is 166 cm³/mol. The highest BCUT2D eigenvalue weighted by Crippen LogP contribution is 2.50. The summed E-state index contributed by atoms with van der Waals surface area (Å²) in [5, 5.41) is 40.0. The summed E-state index contributed by atoms with van der Waals surface area (Å²) >= 11 is 0. The Bertz CT molecular complexity index is 1850. The van der Waals surface area contributed by atoms with Crippen LogP contribution >= 0.6 is 0 Å². The first-order chi connectivity index (χ1) is 20.5. The van der Waals surface area contributed by atoms with Gasteiger partial charge in [-0.2, -0.15) is 21.0 Å². The lowest BCUT2D eigenvalue weighted by Crippen LogP contribution is -2.10. The first-order valence-corrected chi connectivity index (χ1v) is 13.1. The lowest BCUT2D eigenvalue weighted by molar-refractivity contribution is 1.13. The molecular formula is C36H24N6. The van der Waals surface area contributed by atoms with Crippen molar-refractivity contribution in [3.05, 3.63) is 137 Å². The van der Waals surface area contributed by atoms with E-state index in [1.807, 2.05) is 140 Å². The van der Waals surface area contributed by atoms with Gasteiger partial charge in [0.1, 0.15) is 35.4 Å². The first kappa shape index (κ1) is 27.2. The molecule has 0 saturated carbocycles. The van der Waals surface area contributed by atoms with Gasteiger partial charge >= 0.3 is 0 Å². The van der Waals surface area contributed by atoms with Gasteiger partial charge in [0.25, 0.3) is 0 Å². The summed E-state index contributed by atoms with van der Waals surface area (Å²) < 4.78 is 0. The number of fused-ring (bicyclic) bond motifs is 1. The van der Waals surface area contributed by atoms with Crippen LogP contribution in [0.1, 0.15) is 16.7 Å². The lowest BCUT2D eigenvalue weighted by atomic mass is 9.94. The molecular weight excluding hydrogens is 516 g/mol. The van der Waals surface area contributed by atoms with E-state index < -0.39 is 0 Å². The summed E-state index contributed by atoms with van der Waals surface area (Å²) in [6.45, 7) is 0. The van der Waals surface area contributed by atoms with E-state index in [1.165, 1.54) is 0 Å². The van der Waals surface area contributed by atoms with E-state index in [9.17, 15) is 21.0 Å². The van der Waals surface area contributed by atoms with Crippen LogP contribution in [0, 0.1) is 45.3 Å². The van der Waals surface area contributed by atoms with Gasteiger partial charge in [-0.1, -0.05) is 54.6 Å². The summed E-state index contributed by atoms with van der Waals surface area (Å²) in [6.07, 6.45) is 1.83. The molecule has 0 fully saturated rings. The molecule has 0 atom stereocenters. The highest BCUT2D eigenvalue weighted by Gasteiger charge is 2.33. The van der Waals surface area contributed by atoms with E-state index in [2.05, 4.69) is 17.0 Å². The molecule has 4 aromatic rings. The second kappa shape index (κ2) is 11.8. The van der Waals surface area contributed by atoms with E-state index in [0.29, 0.717) is 27.8 Å². The maximum atomic E-state index is 10.0. The fourth-order valence-corrected chi connectivity index (χ4v) is 5.10. The molecule has 1 aliphatic carbocycles. The summed E-state index contributed by atoms with van der Waals surface area (Å²) in [5.41, 5.74) is 6.79. The molecule has 0 aromatic heterocycles. The predicted octanol–water partition coefficient (Wildman–Crippen LogP) is 7.92. The van der Waals surface area contributed by atoms with Crippen molar-refractivity contribution in [1.29, 1.82) is 21.0 Å². The Balaban J connectivity index is 1.81. The van der Waals surface area contributed by atoms with Crippen LogP contribution in [0.5, 0.6) is 0 Å². The van der Waals surface area contributed by atoms with E-state index in [4.69, 9.17) is 0 Å². The van der Waals surface area contributed by atoms with Gasteiger partial charge < -0.3 is 9.80 Å². The SMILES string of the molecule is CN(C)c1ccc(/C=C2\C(=C(C#N)C#N)c3ccc(N(c4ccccc4)c4ccccc4)cc3C2=C(C#N)C#N)cc1. The van der Waals surface area contributed by atoms with Gasteiger partial charge in [0.15, 0.2) is 0 Å². The monoisotopic (exact) mass is 540 g/mol. The fourth-order valence-electron chi connectivity index (χ4n) is 5.10. The van der Waals surface area contributed by atoms with Gasteiger partial charge in [0.2, 0.25) is 0 Å². The molecule has 0 bridgehead atoms. The molecule has 0 spiro atoms. The first-order valence-electron chi connectivity index (χ1n) is 13.1. The van der Waals surface area contributed by atoms with Crippen molar-refractivity contribution in [3.63, 3.8) is 0 Å². The summed E-state index contributed by atoms with van der Waals surface area (Å²) in [6, 6.07) is 41.4. The average molecular weight is 541 g/mol. The molecule has 198 valence electrons. The van der Waals surface area contributed by atoms with Crippen LogP contribution in [0.3, 0.4) is 0 Å². The maximum Gasteiger partial charge on any atom is 0.138 e. The summed E-state index contributed by atoms with van der Waals surface area (Å²) in [5.74, 6) is 0. The zero-order valence-corrected chi connectivity index (χ0v) is 23.1. The molecule has 5 rings (SSSR count). The van der Waals surface area contributed by atoms with Crippen molar-refractivity contribution in [3.8, 4) is 24.3 Å². The number of rotatable bonds is 5. The van der Waals surface area contributed by atoms with Crippen LogP contribution in [-0.2, 0) is 0 Å². The third kappa shape index (κ3) is 5.01. The zero-order chi connectivity index (χ0) is 29.6. The van der Waals surface area contributed by atoms with Gasteiger partial charge in [0.05, 0.1) is 0 Å². The highest BCUT2D eigenvalue weighted by atomic mass is 15.1. The second-order valence-corrected chi connectivity index (χ2v) is 9.73. The number of allylic oxidation sites excluding steroid dienone is 5. The van der Waals surface area contributed by atoms with Crippen LogP contribution in [0.4, 0.5) is 22.7 Å². The van der Waals surface area contributed by atoms with Crippen molar-refractivity contribution in [2.24, 2.45) is 0 Å². The average Bonchev–Trinajstić information content (AvgIpc) is 3.33. The van der Waals surface area contributed by atoms with Crippen LogP contribution in [0.2, 0.25) is 0 Å². The number of hydrogen-bond donors (Lipinski definition) is 0. The Morgan fingerprint density at radius 3 is 1.50 bits per heavy atom. The molecule has 42 heavy (non-hydrogen) atoms. The Labute approximate surface area is 245 Å². The number of para-hydroxylation sites is 2. The fraction of sp³-hybridized carbons (Fsp3) is 0.0556. The molecule has 6 nitrogen and oxygen atoms in total. The van der Waals surface area contributed by atoms with Crippen molar-refractivity contribution in [2.75, 3.05) is 23.9 Å². The largest absolute Gasteiger partial charge is 0.378 e. The third-order valence-corrected chi connectivity index (χ3v) is 7.04. The molecule has 0 heterocycles. The minimum absolute atomic E-state index is 0.0895. The number of benzene rings is 4. The minimum atomic E-state index is -0.0965. The van der Waals surface area contributed by atoms with Gasteiger partial charge in [-0.05, 0) is 76.9 Å². The molecule has 6 heteroatoms. The van der Waals surface area contributed by atoms with Crippen molar-refractivity contribution in [1.82, 2.24) is 0 Å². The quantitative estimate of drug-likeness (QED) is 0.238. The van der Waals surface area contributed by atoms with Crippen LogP contribution in [0.15, 0.2) is 120 Å². The molecule has 0 N–H and O–H groups in total. The normalized spacial score (nSPS) is 12.4. The maximum absolute atomic E-state index is 10.0. The summed E-state index contributed by atoms with van der Waals surface area (Å²) in [4.78, 5) is 4.07. The van der Waals surface area contributed by atoms with Crippen LogP contribution in [0.25, 0.3) is 17.2 Å².